The van der Waals surface area contributed by atoms with E-state index in [1.807, 2.05) is 7.05 Å². The molecule has 0 spiro atoms. The number of quaternary nitrogens is 1. The van der Waals surface area contributed by atoms with Crippen molar-refractivity contribution < 1.29 is 4.65 Å². The van der Waals surface area contributed by atoms with Crippen molar-refractivity contribution in [3.63, 3.8) is 0 Å². The summed E-state index contributed by atoms with van der Waals surface area (Å²) in [5.41, 5.74) is 1.38. The first-order valence-corrected chi connectivity index (χ1v) is 7.28. The molecule has 3 atom stereocenters. The third kappa shape index (κ3) is 4.38. The summed E-state index contributed by atoms with van der Waals surface area (Å²) in [6, 6.07) is 0.252. The minimum Gasteiger partial charge on any atom is -0.632 e. The molecule has 18 heavy (non-hydrogen) atoms. The maximum atomic E-state index is 12.5. The molecule has 1 fully saturated rings. The Balaban J connectivity index is 2.51. The van der Waals surface area contributed by atoms with Crippen LogP contribution in [0.15, 0.2) is 11.6 Å². The van der Waals surface area contributed by atoms with Gasteiger partial charge in [0.25, 0.3) is 0 Å². The fourth-order valence-electron chi connectivity index (χ4n) is 3.02. The molecule has 0 aromatic carbocycles. The van der Waals surface area contributed by atoms with Gasteiger partial charge >= 0.3 is 0 Å². The lowest BCUT2D eigenvalue weighted by Crippen LogP contribution is -2.46. The minimum absolute atomic E-state index is 0.0734. The molecule has 0 aromatic rings. The van der Waals surface area contributed by atoms with Gasteiger partial charge in [-0.2, -0.15) is 0 Å². The summed E-state index contributed by atoms with van der Waals surface area (Å²) in [6.07, 6.45) is 5.66. The monoisotopic (exact) mass is 254 g/mol. The van der Waals surface area contributed by atoms with Crippen LogP contribution in [0.1, 0.15) is 47.0 Å². The molecule has 0 aromatic heterocycles. The van der Waals surface area contributed by atoms with Crippen LogP contribution < -0.4 is 0 Å². The lowest BCUT2D eigenvalue weighted by molar-refractivity contribution is -0.880. The lowest BCUT2D eigenvalue weighted by atomic mass is 9.95. The number of hydrogen-bond acceptors (Lipinski definition) is 2. The van der Waals surface area contributed by atoms with Gasteiger partial charge < -0.3 is 9.85 Å². The Hall–Kier alpha value is -0.380. The average Bonchev–Trinajstić information content (AvgIpc) is 2.53. The second-order valence-corrected chi connectivity index (χ2v) is 6.30. The van der Waals surface area contributed by atoms with Crippen LogP contribution in [0.25, 0.3) is 0 Å². The van der Waals surface area contributed by atoms with E-state index in [1.54, 1.807) is 0 Å². The fourth-order valence-corrected chi connectivity index (χ4v) is 3.02. The largest absolute Gasteiger partial charge is 0.632 e. The van der Waals surface area contributed by atoms with Crippen LogP contribution in [0.3, 0.4) is 0 Å². The molecule has 1 heterocycles. The van der Waals surface area contributed by atoms with E-state index < -0.39 is 0 Å². The number of nitrogens with zero attached hydrogens (tertiary/aromatic N) is 2. The zero-order valence-electron chi connectivity index (χ0n) is 12.8. The Labute approximate surface area is 113 Å². The normalized spacial score (nSPS) is 30.4. The average molecular weight is 254 g/mol. The number of hydrogen-bond donors (Lipinski definition) is 0. The van der Waals surface area contributed by atoms with Gasteiger partial charge in [-0.3, -0.25) is 4.90 Å². The van der Waals surface area contributed by atoms with Crippen molar-refractivity contribution in [2.24, 2.45) is 5.92 Å². The van der Waals surface area contributed by atoms with Crippen molar-refractivity contribution in [3.05, 3.63) is 16.9 Å². The first-order valence-electron chi connectivity index (χ1n) is 7.28. The van der Waals surface area contributed by atoms with Crippen molar-refractivity contribution in [1.82, 2.24) is 4.90 Å². The zero-order valence-corrected chi connectivity index (χ0v) is 12.8. The highest BCUT2D eigenvalue weighted by Crippen LogP contribution is 2.28. The van der Waals surface area contributed by atoms with Gasteiger partial charge in [-0.15, -0.1) is 0 Å². The van der Waals surface area contributed by atoms with E-state index in [-0.39, 0.29) is 10.7 Å². The highest BCUT2D eigenvalue weighted by atomic mass is 16.6. The van der Waals surface area contributed by atoms with Crippen LogP contribution in [-0.4, -0.2) is 42.4 Å². The zero-order chi connectivity index (χ0) is 13.8. The predicted molar refractivity (Wildman–Crippen MR) is 77.9 cm³/mol. The van der Waals surface area contributed by atoms with Crippen LogP contribution in [0.4, 0.5) is 0 Å². The third-order valence-corrected chi connectivity index (χ3v) is 4.00. The molecule has 1 saturated heterocycles. The molecule has 0 aliphatic carbocycles. The van der Waals surface area contributed by atoms with E-state index in [0.717, 1.165) is 32.4 Å². The van der Waals surface area contributed by atoms with Crippen molar-refractivity contribution in [2.45, 2.75) is 53.0 Å². The van der Waals surface area contributed by atoms with E-state index in [2.05, 4.69) is 38.7 Å². The standard InChI is InChI=1S/C15H30N2O/c1-6-10-16-11-15(17(5,18)12-16)14(4)9-7-8-13(2)3/h8,14-15H,6-7,9-12H2,1-5H3. The quantitative estimate of drug-likeness (QED) is 0.413. The Morgan fingerprint density at radius 1 is 1.50 bits per heavy atom. The number of likely N-dealkylation sites (N-methyl/N-ethyl adjacent to an activating group) is 1. The topological polar surface area (TPSA) is 26.3 Å². The SMILES string of the molecule is CCCN1CC(C(C)CCC=C(C)C)[N+](C)([O-])C1. The third-order valence-electron chi connectivity index (χ3n) is 4.00. The number of allylic oxidation sites excluding steroid dienone is 2. The Morgan fingerprint density at radius 2 is 2.17 bits per heavy atom. The Morgan fingerprint density at radius 3 is 2.72 bits per heavy atom. The van der Waals surface area contributed by atoms with Crippen LogP contribution in [0.5, 0.6) is 0 Å². The maximum Gasteiger partial charge on any atom is 0.135 e. The first-order chi connectivity index (χ1) is 8.36. The van der Waals surface area contributed by atoms with Gasteiger partial charge in [-0.25, -0.2) is 0 Å². The molecule has 0 bridgehead atoms. The molecule has 1 aliphatic rings. The van der Waals surface area contributed by atoms with Gasteiger partial charge in [0.2, 0.25) is 0 Å². The van der Waals surface area contributed by atoms with E-state index in [9.17, 15) is 5.21 Å². The van der Waals surface area contributed by atoms with E-state index in [4.69, 9.17) is 0 Å². The molecule has 1 aliphatic heterocycles. The van der Waals surface area contributed by atoms with Gasteiger partial charge in [-0.05, 0) is 33.1 Å². The van der Waals surface area contributed by atoms with Crippen molar-refractivity contribution in [3.8, 4) is 0 Å². The van der Waals surface area contributed by atoms with Gasteiger partial charge in [-0.1, -0.05) is 25.5 Å². The van der Waals surface area contributed by atoms with Gasteiger partial charge in [0.15, 0.2) is 0 Å². The molecule has 3 nitrogen and oxygen atoms in total. The van der Waals surface area contributed by atoms with Gasteiger partial charge in [0.05, 0.1) is 13.6 Å². The number of rotatable bonds is 6. The molecule has 0 amide bonds. The summed E-state index contributed by atoms with van der Waals surface area (Å²) < 4.78 is -0.0734. The van der Waals surface area contributed by atoms with Crippen LogP contribution in [0.2, 0.25) is 0 Å². The maximum absolute atomic E-state index is 12.5. The van der Waals surface area contributed by atoms with Crippen LogP contribution in [-0.2, 0) is 0 Å². The second kappa shape index (κ2) is 6.69. The summed E-state index contributed by atoms with van der Waals surface area (Å²) in [6.45, 7) is 11.4. The lowest BCUT2D eigenvalue weighted by Gasteiger charge is -2.42. The Kier molecular flexibility index (Phi) is 5.83. The summed E-state index contributed by atoms with van der Waals surface area (Å²) >= 11 is 0. The van der Waals surface area contributed by atoms with Crippen LogP contribution >= 0.6 is 0 Å². The summed E-state index contributed by atoms with van der Waals surface area (Å²) in [5.74, 6) is 0.505. The summed E-state index contributed by atoms with van der Waals surface area (Å²) in [7, 11) is 1.84. The predicted octanol–water partition coefficient (Wildman–Crippen LogP) is 3.37. The van der Waals surface area contributed by atoms with E-state index >= 15 is 0 Å². The molecular weight excluding hydrogens is 224 g/mol. The molecule has 3 heteroatoms. The van der Waals surface area contributed by atoms with Crippen molar-refractivity contribution in [2.75, 3.05) is 26.8 Å². The van der Waals surface area contributed by atoms with Gasteiger partial charge in [0, 0.05) is 12.5 Å². The molecule has 1 rings (SSSR count). The van der Waals surface area contributed by atoms with Crippen LogP contribution in [0, 0.1) is 11.1 Å². The minimum atomic E-state index is -0.0734. The van der Waals surface area contributed by atoms with Gasteiger partial charge in [0.1, 0.15) is 12.7 Å². The van der Waals surface area contributed by atoms with Crippen molar-refractivity contribution >= 4 is 0 Å². The summed E-state index contributed by atoms with van der Waals surface area (Å²) in [4.78, 5) is 2.33. The molecular formula is C15H30N2O. The second-order valence-electron chi connectivity index (χ2n) is 6.30. The molecule has 0 radical (unpaired) electrons. The fraction of sp³-hybridized carbons (Fsp3) is 0.867. The van der Waals surface area contributed by atoms with E-state index in [1.165, 1.54) is 5.57 Å². The number of hydroxylamine groups is 3. The summed E-state index contributed by atoms with van der Waals surface area (Å²) in [5, 5.41) is 12.5. The molecule has 0 N–H and O–H groups in total. The highest BCUT2D eigenvalue weighted by Gasteiger charge is 2.39. The smallest absolute Gasteiger partial charge is 0.135 e. The Bertz CT molecular complexity index is 282. The van der Waals surface area contributed by atoms with Crippen molar-refractivity contribution in [1.29, 1.82) is 0 Å². The highest BCUT2D eigenvalue weighted by molar-refractivity contribution is 4.93. The van der Waals surface area contributed by atoms with E-state index in [0.29, 0.717) is 12.6 Å². The molecule has 106 valence electrons. The molecule has 0 saturated carbocycles. The molecule has 3 unspecified atom stereocenters. The first kappa shape index (κ1) is 15.7.